The van der Waals surface area contributed by atoms with Gasteiger partial charge in [-0.3, -0.25) is 19.1 Å². The Labute approximate surface area is 120 Å². The van der Waals surface area contributed by atoms with Gasteiger partial charge in [0.2, 0.25) is 11.8 Å². The van der Waals surface area contributed by atoms with E-state index in [2.05, 4.69) is 15.9 Å². The van der Waals surface area contributed by atoms with Crippen LogP contribution >= 0.6 is 15.9 Å². The van der Waals surface area contributed by atoms with Crippen LogP contribution in [0, 0.1) is 0 Å². The molecule has 104 valence electrons. The molecular weight excluding hydrogens is 330 g/mol. The zero-order valence-electron chi connectivity index (χ0n) is 10.1. The number of aromatic hydroxyl groups is 1. The number of benzene rings is 1. The van der Waals surface area contributed by atoms with E-state index >= 15 is 0 Å². The van der Waals surface area contributed by atoms with Gasteiger partial charge in [0.25, 0.3) is 5.56 Å². The number of hydrogen-bond donors (Lipinski definition) is 3. The third-order valence-electron chi connectivity index (χ3n) is 2.62. The minimum atomic E-state index is -0.896. The molecule has 2 rings (SSSR count). The second kappa shape index (κ2) is 5.33. The van der Waals surface area contributed by atoms with Gasteiger partial charge in [0.05, 0.1) is 0 Å². The highest BCUT2D eigenvalue weighted by Crippen LogP contribution is 2.25. The van der Waals surface area contributed by atoms with Crippen molar-refractivity contribution in [2.45, 2.75) is 6.54 Å². The van der Waals surface area contributed by atoms with E-state index in [0.29, 0.717) is 10.1 Å². The van der Waals surface area contributed by atoms with Crippen molar-refractivity contribution in [3.05, 3.63) is 49.6 Å². The zero-order valence-corrected chi connectivity index (χ0v) is 11.7. The SMILES string of the molecule is NC(=O)Cn1c(O)c(-c2ccc(Br)cc2)c(=O)[nH]c1=O. The third-order valence-corrected chi connectivity index (χ3v) is 3.15. The number of rotatable bonds is 3. The van der Waals surface area contributed by atoms with Crippen LogP contribution < -0.4 is 17.0 Å². The van der Waals surface area contributed by atoms with Crippen LogP contribution in [-0.4, -0.2) is 20.6 Å². The number of aromatic amines is 1. The molecule has 0 radical (unpaired) electrons. The van der Waals surface area contributed by atoms with Crippen LogP contribution in [0.3, 0.4) is 0 Å². The molecule has 0 aliphatic heterocycles. The van der Waals surface area contributed by atoms with Gasteiger partial charge in [0.15, 0.2) is 0 Å². The number of aromatic nitrogens is 2. The number of nitrogens with one attached hydrogen (secondary N) is 1. The highest BCUT2D eigenvalue weighted by atomic mass is 79.9. The maximum absolute atomic E-state index is 11.8. The summed E-state index contributed by atoms with van der Waals surface area (Å²) in [5, 5.41) is 10.0. The molecule has 1 heterocycles. The average Bonchev–Trinajstić information content (AvgIpc) is 2.36. The van der Waals surface area contributed by atoms with Crippen molar-refractivity contribution in [1.82, 2.24) is 9.55 Å². The lowest BCUT2D eigenvalue weighted by molar-refractivity contribution is -0.118. The molecule has 20 heavy (non-hydrogen) atoms. The Morgan fingerprint density at radius 1 is 1.30 bits per heavy atom. The minimum absolute atomic E-state index is 0.0987. The Balaban J connectivity index is 2.70. The van der Waals surface area contributed by atoms with E-state index in [1.807, 2.05) is 4.98 Å². The number of amides is 1. The lowest BCUT2D eigenvalue weighted by Crippen LogP contribution is -2.34. The molecule has 0 aliphatic carbocycles. The predicted octanol–water partition coefficient (Wildman–Crippen LogP) is 0.157. The van der Waals surface area contributed by atoms with Gasteiger partial charge in [-0.25, -0.2) is 4.79 Å². The summed E-state index contributed by atoms with van der Waals surface area (Å²) in [6.45, 7) is -0.523. The van der Waals surface area contributed by atoms with Crippen LogP contribution in [-0.2, 0) is 11.3 Å². The monoisotopic (exact) mass is 339 g/mol. The largest absolute Gasteiger partial charge is 0.494 e. The fraction of sp³-hybridized carbons (Fsp3) is 0.0833. The number of hydrogen-bond acceptors (Lipinski definition) is 4. The summed E-state index contributed by atoms with van der Waals surface area (Å²) in [6.07, 6.45) is 0. The molecule has 4 N–H and O–H groups in total. The van der Waals surface area contributed by atoms with Crippen molar-refractivity contribution < 1.29 is 9.90 Å². The molecule has 0 bridgehead atoms. The number of nitrogens with zero attached hydrogens (tertiary/aromatic N) is 1. The van der Waals surface area contributed by atoms with Gasteiger partial charge >= 0.3 is 5.69 Å². The van der Waals surface area contributed by atoms with Crippen LogP contribution in [0.5, 0.6) is 5.88 Å². The molecule has 2 aromatic rings. The normalized spacial score (nSPS) is 10.4. The third kappa shape index (κ3) is 2.64. The van der Waals surface area contributed by atoms with Gasteiger partial charge in [-0.05, 0) is 17.7 Å². The minimum Gasteiger partial charge on any atom is -0.494 e. The molecule has 1 aromatic heterocycles. The van der Waals surface area contributed by atoms with Crippen LogP contribution in [0.2, 0.25) is 0 Å². The standard InChI is InChI=1S/C12H10BrN3O4/c13-7-3-1-6(2-4-7)9-10(18)15-12(20)16(11(9)19)5-8(14)17/h1-4,19H,5H2,(H2,14,17)(H,15,18,20). The zero-order chi connectivity index (χ0) is 14.9. The summed E-state index contributed by atoms with van der Waals surface area (Å²) in [6, 6.07) is 6.54. The van der Waals surface area contributed by atoms with Gasteiger partial charge in [0.1, 0.15) is 12.1 Å². The molecule has 0 atom stereocenters. The maximum Gasteiger partial charge on any atom is 0.331 e. The average molecular weight is 340 g/mol. The van der Waals surface area contributed by atoms with Gasteiger partial charge in [-0.15, -0.1) is 0 Å². The highest BCUT2D eigenvalue weighted by molar-refractivity contribution is 9.10. The Morgan fingerprint density at radius 2 is 1.90 bits per heavy atom. The quantitative estimate of drug-likeness (QED) is 0.737. The fourth-order valence-electron chi connectivity index (χ4n) is 1.74. The summed E-state index contributed by atoms with van der Waals surface area (Å²) in [4.78, 5) is 36.3. The van der Waals surface area contributed by atoms with E-state index in [9.17, 15) is 19.5 Å². The van der Waals surface area contributed by atoms with Crippen molar-refractivity contribution in [2.75, 3.05) is 0 Å². The number of nitrogens with two attached hydrogens (primary N) is 1. The first-order valence-electron chi connectivity index (χ1n) is 5.50. The van der Waals surface area contributed by atoms with Crippen molar-refractivity contribution >= 4 is 21.8 Å². The molecule has 0 spiro atoms. The van der Waals surface area contributed by atoms with Gasteiger partial charge in [-0.2, -0.15) is 0 Å². The van der Waals surface area contributed by atoms with E-state index in [0.717, 1.165) is 4.47 Å². The number of carbonyl (C=O) groups is 1. The van der Waals surface area contributed by atoms with Gasteiger partial charge in [-0.1, -0.05) is 28.1 Å². The van der Waals surface area contributed by atoms with Crippen LogP contribution in [0.25, 0.3) is 11.1 Å². The molecule has 1 aromatic carbocycles. The smallest absolute Gasteiger partial charge is 0.331 e. The van der Waals surface area contributed by atoms with Crippen molar-refractivity contribution in [3.8, 4) is 17.0 Å². The molecule has 1 amide bonds. The highest BCUT2D eigenvalue weighted by Gasteiger charge is 2.16. The van der Waals surface area contributed by atoms with Crippen LogP contribution in [0.1, 0.15) is 0 Å². The van der Waals surface area contributed by atoms with Gasteiger partial charge in [0, 0.05) is 4.47 Å². The molecule has 0 saturated heterocycles. The number of halogens is 1. The first kappa shape index (κ1) is 14.1. The Bertz CT molecular complexity index is 777. The van der Waals surface area contributed by atoms with Gasteiger partial charge < -0.3 is 10.8 Å². The van der Waals surface area contributed by atoms with Crippen molar-refractivity contribution in [1.29, 1.82) is 0 Å². The van der Waals surface area contributed by atoms with E-state index in [4.69, 9.17) is 5.73 Å². The molecular formula is C12H10BrN3O4. The molecule has 8 heteroatoms. The van der Waals surface area contributed by atoms with E-state index in [1.54, 1.807) is 24.3 Å². The summed E-state index contributed by atoms with van der Waals surface area (Å²) in [5.41, 5.74) is 3.67. The van der Waals surface area contributed by atoms with Crippen molar-refractivity contribution in [3.63, 3.8) is 0 Å². The van der Waals surface area contributed by atoms with Crippen molar-refractivity contribution in [2.24, 2.45) is 5.73 Å². The molecule has 0 saturated carbocycles. The Hall–Kier alpha value is -2.35. The maximum atomic E-state index is 11.8. The number of H-pyrrole nitrogens is 1. The van der Waals surface area contributed by atoms with E-state index in [-0.39, 0.29) is 5.56 Å². The number of carbonyl (C=O) groups excluding carboxylic acids is 1. The fourth-order valence-corrected chi connectivity index (χ4v) is 2.00. The summed E-state index contributed by atoms with van der Waals surface area (Å²) >= 11 is 3.25. The second-order valence-corrected chi connectivity index (χ2v) is 4.93. The molecule has 0 aliphatic rings. The second-order valence-electron chi connectivity index (χ2n) is 4.02. The molecule has 0 fully saturated rings. The summed E-state index contributed by atoms with van der Waals surface area (Å²) in [5.74, 6) is -1.41. The molecule has 7 nitrogen and oxygen atoms in total. The Kier molecular flexibility index (Phi) is 3.75. The summed E-state index contributed by atoms with van der Waals surface area (Å²) < 4.78 is 1.50. The topological polar surface area (TPSA) is 118 Å². The van der Waals surface area contributed by atoms with Crippen LogP contribution in [0.4, 0.5) is 0 Å². The summed E-state index contributed by atoms with van der Waals surface area (Å²) in [7, 11) is 0. The lowest BCUT2D eigenvalue weighted by Gasteiger charge is -2.09. The van der Waals surface area contributed by atoms with E-state index in [1.165, 1.54) is 0 Å². The first-order valence-corrected chi connectivity index (χ1v) is 6.29. The number of primary amides is 1. The predicted molar refractivity (Wildman–Crippen MR) is 75.3 cm³/mol. The van der Waals surface area contributed by atoms with Crippen LogP contribution in [0.15, 0.2) is 38.3 Å². The Morgan fingerprint density at radius 3 is 2.45 bits per heavy atom. The molecule has 0 unspecified atom stereocenters. The van der Waals surface area contributed by atoms with E-state index < -0.39 is 29.6 Å². The first-order chi connectivity index (χ1) is 9.40. The lowest BCUT2D eigenvalue weighted by atomic mass is 10.1.